The van der Waals surface area contributed by atoms with Crippen molar-refractivity contribution in [2.75, 3.05) is 5.32 Å². The number of carbonyl (C=O) groups is 1. The molecule has 0 aliphatic heterocycles. The topological polar surface area (TPSA) is 76.9 Å². The summed E-state index contributed by atoms with van der Waals surface area (Å²) < 4.78 is 2.41. The smallest absolute Gasteiger partial charge is 0.271 e. The van der Waals surface area contributed by atoms with Gasteiger partial charge in [0.1, 0.15) is 9.53 Å². The summed E-state index contributed by atoms with van der Waals surface area (Å²) in [6, 6.07) is 2.01. The third-order valence-electron chi connectivity index (χ3n) is 4.87. The van der Waals surface area contributed by atoms with Crippen LogP contribution in [0.3, 0.4) is 0 Å². The van der Waals surface area contributed by atoms with Gasteiger partial charge in [-0.15, -0.1) is 11.3 Å². The van der Waals surface area contributed by atoms with Crippen molar-refractivity contribution in [2.24, 2.45) is 0 Å². The van der Waals surface area contributed by atoms with E-state index in [0.29, 0.717) is 22.3 Å². The van der Waals surface area contributed by atoms with Gasteiger partial charge in [-0.25, -0.2) is 9.97 Å². The number of nitrogens with one attached hydrogen (secondary N) is 1. The Morgan fingerprint density at radius 1 is 1.32 bits per heavy atom. The summed E-state index contributed by atoms with van der Waals surface area (Å²) in [4.78, 5) is 34.5. The average Bonchev–Trinajstić information content (AvgIpc) is 3.03. The maximum Gasteiger partial charge on any atom is 0.271 e. The van der Waals surface area contributed by atoms with E-state index in [1.54, 1.807) is 30.1 Å². The molecule has 0 bridgehead atoms. The molecule has 3 aromatic rings. The molecule has 1 saturated carbocycles. The first kappa shape index (κ1) is 16.2. The second kappa shape index (κ2) is 6.55. The van der Waals surface area contributed by atoms with E-state index in [9.17, 15) is 9.59 Å². The third kappa shape index (κ3) is 2.82. The monoisotopic (exact) mass is 356 g/mol. The Kier molecular flexibility index (Phi) is 4.25. The molecule has 1 amide bonds. The summed E-state index contributed by atoms with van der Waals surface area (Å²) in [6.07, 6.45) is 9.37. The first-order chi connectivity index (χ1) is 12.2. The number of anilines is 1. The van der Waals surface area contributed by atoms with Crippen molar-refractivity contribution in [2.45, 2.75) is 51.5 Å². The molecule has 0 spiro atoms. The average molecular weight is 356 g/mol. The van der Waals surface area contributed by atoms with Crippen LogP contribution in [-0.2, 0) is 4.79 Å². The zero-order chi connectivity index (χ0) is 17.4. The Balaban J connectivity index is 1.88. The number of pyridine rings is 1. The lowest BCUT2D eigenvalue weighted by molar-refractivity contribution is -0.115. The highest BCUT2D eigenvalue weighted by molar-refractivity contribution is 7.25. The van der Waals surface area contributed by atoms with E-state index < -0.39 is 0 Å². The molecule has 0 unspecified atom stereocenters. The van der Waals surface area contributed by atoms with Crippen molar-refractivity contribution in [3.8, 4) is 0 Å². The second-order valence-corrected chi connectivity index (χ2v) is 7.47. The van der Waals surface area contributed by atoms with E-state index in [4.69, 9.17) is 0 Å². The third-order valence-corrected chi connectivity index (χ3v) is 5.95. The number of carbonyl (C=O) groups excluding carboxylic acids is 1. The molecule has 7 heteroatoms. The molecule has 0 saturated heterocycles. The van der Waals surface area contributed by atoms with Crippen LogP contribution in [0.4, 0.5) is 5.69 Å². The van der Waals surface area contributed by atoms with Gasteiger partial charge in [-0.1, -0.05) is 26.2 Å². The summed E-state index contributed by atoms with van der Waals surface area (Å²) in [6.45, 7) is 1.81. The van der Waals surface area contributed by atoms with Gasteiger partial charge in [-0.2, -0.15) is 0 Å². The minimum atomic E-state index is -0.0672. The van der Waals surface area contributed by atoms with Crippen molar-refractivity contribution in [1.29, 1.82) is 0 Å². The quantitative estimate of drug-likeness (QED) is 0.773. The molecule has 0 radical (unpaired) electrons. The number of hydrogen-bond donors (Lipinski definition) is 1. The zero-order valence-corrected chi connectivity index (χ0v) is 14.9. The van der Waals surface area contributed by atoms with Crippen molar-refractivity contribution in [3.63, 3.8) is 0 Å². The number of amides is 1. The number of thiophene rings is 1. The summed E-state index contributed by atoms with van der Waals surface area (Å²) >= 11 is 1.36. The summed E-state index contributed by atoms with van der Waals surface area (Å²) in [5.41, 5.74) is 1.31. The molecule has 0 atom stereocenters. The molecule has 25 heavy (non-hydrogen) atoms. The van der Waals surface area contributed by atoms with Crippen LogP contribution in [0, 0.1) is 0 Å². The maximum absolute atomic E-state index is 13.0. The summed E-state index contributed by atoms with van der Waals surface area (Å²) in [7, 11) is 0. The standard InChI is InChI=1S/C18H20N4O2S/c1-2-13(23)21-12-8-9-19-17-14(12)15-16(25-17)18(24)22(10-20-15)11-6-4-3-5-7-11/h8-11H,2-7H2,1H3,(H,19,21,23). The number of rotatable bonds is 3. The number of hydrogen-bond acceptors (Lipinski definition) is 5. The lowest BCUT2D eigenvalue weighted by Crippen LogP contribution is -2.26. The highest BCUT2D eigenvalue weighted by Gasteiger charge is 2.21. The van der Waals surface area contributed by atoms with Crippen molar-refractivity contribution in [1.82, 2.24) is 14.5 Å². The minimum Gasteiger partial charge on any atom is -0.325 e. The van der Waals surface area contributed by atoms with E-state index in [2.05, 4.69) is 15.3 Å². The largest absolute Gasteiger partial charge is 0.325 e. The van der Waals surface area contributed by atoms with Crippen LogP contribution < -0.4 is 10.9 Å². The first-order valence-electron chi connectivity index (χ1n) is 8.77. The summed E-state index contributed by atoms with van der Waals surface area (Å²) in [5.74, 6) is -0.0672. The van der Waals surface area contributed by atoms with Gasteiger partial charge in [0.2, 0.25) is 5.91 Å². The van der Waals surface area contributed by atoms with Gasteiger partial charge in [0, 0.05) is 18.7 Å². The Labute approximate surface area is 148 Å². The normalized spacial score (nSPS) is 15.7. The number of nitrogens with zero attached hydrogens (tertiary/aromatic N) is 3. The lowest BCUT2D eigenvalue weighted by atomic mass is 9.95. The van der Waals surface area contributed by atoms with Gasteiger partial charge in [0.25, 0.3) is 5.56 Å². The van der Waals surface area contributed by atoms with Gasteiger partial charge < -0.3 is 5.32 Å². The van der Waals surface area contributed by atoms with Gasteiger partial charge in [0.05, 0.1) is 22.9 Å². The zero-order valence-electron chi connectivity index (χ0n) is 14.1. The molecule has 1 aliphatic rings. The SMILES string of the molecule is CCC(=O)Nc1ccnc2sc3c(=O)n(C4CCCCC4)cnc3c12. The van der Waals surface area contributed by atoms with Crippen LogP contribution in [0.15, 0.2) is 23.4 Å². The predicted octanol–water partition coefficient (Wildman–Crippen LogP) is 3.86. The number of fused-ring (bicyclic) bond motifs is 3. The fourth-order valence-electron chi connectivity index (χ4n) is 3.53. The highest BCUT2D eigenvalue weighted by atomic mass is 32.1. The fourth-order valence-corrected chi connectivity index (χ4v) is 4.59. The van der Waals surface area contributed by atoms with Gasteiger partial charge in [0.15, 0.2) is 0 Å². The number of aromatic nitrogens is 3. The minimum absolute atomic E-state index is 0.00710. The van der Waals surface area contributed by atoms with Gasteiger partial charge in [-0.3, -0.25) is 14.2 Å². The molecule has 130 valence electrons. The molecule has 6 nitrogen and oxygen atoms in total. The van der Waals surface area contributed by atoms with Crippen LogP contribution in [0.1, 0.15) is 51.5 Å². The van der Waals surface area contributed by atoms with E-state index in [0.717, 1.165) is 35.9 Å². The van der Waals surface area contributed by atoms with Crippen LogP contribution in [0.25, 0.3) is 20.4 Å². The lowest BCUT2D eigenvalue weighted by Gasteiger charge is -2.23. The molecule has 0 aromatic carbocycles. The Bertz CT molecular complexity index is 1000. The predicted molar refractivity (Wildman–Crippen MR) is 100 cm³/mol. The molecule has 1 fully saturated rings. The molecule has 3 aromatic heterocycles. The molecule has 3 heterocycles. The first-order valence-corrected chi connectivity index (χ1v) is 9.59. The van der Waals surface area contributed by atoms with E-state index in [1.807, 2.05) is 0 Å². The Morgan fingerprint density at radius 2 is 2.12 bits per heavy atom. The molecule has 1 aliphatic carbocycles. The Hall–Kier alpha value is -2.28. The van der Waals surface area contributed by atoms with E-state index in [1.165, 1.54) is 17.8 Å². The van der Waals surface area contributed by atoms with Crippen molar-refractivity contribution in [3.05, 3.63) is 28.9 Å². The van der Waals surface area contributed by atoms with Crippen LogP contribution in [0.5, 0.6) is 0 Å². The van der Waals surface area contributed by atoms with Crippen LogP contribution >= 0.6 is 11.3 Å². The van der Waals surface area contributed by atoms with Crippen molar-refractivity contribution < 1.29 is 4.79 Å². The van der Waals surface area contributed by atoms with E-state index >= 15 is 0 Å². The van der Waals surface area contributed by atoms with Gasteiger partial charge in [-0.05, 0) is 18.9 Å². The molecular weight excluding hydrogens is 336 g/mol. The molecule has 1 N–H and O–H groups in total. The van der Waals surface area contributed by atoms with Crippen LogP contribution in [-0.4, -0.2) is 20.4 Å². The van der Waals surface area contributed by atoms with Gasteiger partial charge >= 0.3 is 0 Å². The van der Waals surface area contributed by atoms with Crippen LogP contribution in [0.2, 0.25) is 0 Å². The highest BCUT2D eigenvalue weighted by Crippen LogP contribution is 2.35. The van der Waals surface area contributed by atoms with Crippen molar-refractivity contribution >= 4 is 43.4 Å². The fraction of sp³-hybridized carbons (Fsp3) is 0.444. The molecule has 4 rings (SSSR count). The molecular formula is C18H20N4O2S. The van der Waals surface area contributed by atoms with E-state index in [-0.39, 0.29) is 17.5 Å². The second-order valence-electron chi connectivity index (χ2n) is 6.47. The Morgan fingerprint density at radius 3 is 2.88 bits per heavy atom. The summed E-state index contributed by atoms with van der Waals surface area (Å²) in [5, 5.41) is 3.65. The maximum atomic E-state index is 13.0.